The lowest BCUT2D eigenvalue weighted by molar-refractivity contribution is -0.275. The fourth-order valence-corrected chi connectivity index (χ4v) is 3.98. The average molecular weight is 502 g/mol. The second-order valence-corrected chi connectivity index (χ2v) is 8.33. The topological polar surface area (TPSA) is 79.8 Å². The quantitative estimate of drug-likeness (QED) is 0.599. The van der Waals surface area contributed by atoms with Crippen LogP contribution in [0.1, 0.15) is 40.4 Å². The Kier molecular flexibility index (Phi) is 7.23. The summed E-state index contributed by atoms with van der Waals surface area (Å²) in [4.78, 5) is 28.9. The van der Waals surface area contributed by atoms with Gasteiger partial charge in [0.25, 0.3) is 11.5 Å². The van der Waals surface area contributed by atoms with Crippen LogP contribution in [0.25, 0.3) is 0 Å². The SMILES string of the molecule is CCNC(=O)CNC(=O)c1ccc(C2=NO[C@@](c3cc(Cl)cc(Cl)c3)(C(F)(F)F)C2)cc1C. The van der Waals surface area contributed by atoms with E-state index in [1.54, 1.807) is 19.9 Å². The number of hydrogen-bond acceptors (Lipinski definition) is 4. The molecule has 0 aliphatic carbocycles. The first kappa shape index (κ1) is 24.9. The van der Waals surface area contributed by atoms with Crippen molar-refractivity contribution in [3.8, 4) is 0 Å². The first-order valence-electron chi connectivity index (χ1n) is 9.91. The molecule has 0 unspecified atom stereocenters. The zero-order chi connectivity index (χ0) is 24.4. The van der Waals surface area contributed by atoms with E-state index in [1.807, 2.05) is 0 Å². The average Bonchev–Trinajstić information content (AvgIpc) is 3.18. The molecule has 0 fully saturated rings. The van der Waals surface area contributed by atoms with Gasteiger partial charge in [0.1, 0.15) is 0 Å². The van der Waals surface area contributed by atoms with Crippen LogP contribution in [0, 0.1) is 6.92 Å². The van der Waals surface area contributed by atoms with Gasteiger partial charge in [-0.25, -0.2) is 0 Å². The Morgan fingerprint density at radius 1 is 1.12 bits per heavy atom. The van der Waals surface area contributed by atoms with Crippen molar-refractivity contribution in [2.45, 2.75) is 32.0 Å². The van der Waals surface area contributed by atoms with Gasteiger partial charge in [0.05, 0.1) is 12.3 Å². The summed E-state index contributed by atoms with van der Waals surface area (Å²) in [7, 11) is 0. The smallest absolute Gasteiger partial charge is 0.374 e. The lowest BCUT2D eigenvalue weighted by Crippen LogP contribution is -2.42. The van der Waals surface area contributed by atoms with Gasteiger partial charge in [-0.3, -0.25) is 9.59 Å². The van der Waals surface area contributed by atoms with Crippen LogP contribution in [0.2, 0.25) is 10.0 Å². The number of carbonyl (C=O) groups is 2. The highest BCUT2D eigenvalue weighted by Crippen LogP contribution is 2.49. The van der Waals surface area contributed by atoms with Crippen molar-refractivity contribution in [1.29, 1.82) is 0 Å². The summed E-state index contributed by atoms with van der Waals surface area (Å²) < 4.78 is 42.4. The van der Waals surface area contributed by atoms with Crippen LogP contribution >= 0.6 is 23.2 Å². The first-order chi connectivity index (χ1) is 15.5. The van der Waals surface area contributed by atoms with Gasteiger partial charge in [-0.2, -0.15) is 13.2 Å². The summed E-state index contributed by atoms with van der Waals surface area (Å²) >= 11 is 11.8. The molecule has 1 heterocycles. The molecule has 2 amide bonds. The molecule has 33 heavy (non-hydrogen) atoms. The molecule has 6 nitrogen and oxygen atoms in total. The van der Waals surface area contributed by atoms with Crippen molar-refractivity contribution in [3.05, 3.63) is 68.7 Å². The maximum absolute atomic E-state index is 14.1. The fourth-order valence-electron chi connectivity index (χ4n) is 3.46. The van der Waals surface area contributed by atoms with E-state index < -0.39 is 24.1 Å². The number of alkyl halides is 3. The predicted octanol–water partition coefficient (Wildman–Crippen LogP) is 4.75. The van der Waals surface area contributed by atoms with Gasteiger partial charge >= 0.3 is 6.18 Å². The molecule has 3 rings (SSSR count). The van der Waals surface area contributed by atoms with Crippen LogP contribution in [0.5, 0.6) is 0 Å². The number of rotatable bonds is 6. The summed E-state index contributed by atoms with van der Waals surface area (Å²) in [6, 6.07) is 8.10. The molecule has 1 atom stereocenters. The van der Waals surface area contributed by atoms with Crippen molar-refractivity contribution in [3.63, 3.8) is 0 Å². The number of nitrogens with one attached hydrogen (secondary N) is 2. The Labute approximate surface area is 198 Å². The number of amides is 2. The molecule has 0 bridgehead atoms. The van der Waals surface area contributed by atoms with Gasteiger partial charge in [-0.05, 0) is 55.3 Å². The van der Waals surface area contributed by atoms with E-state index in [1.165, 1.54) is 18.2 Å². The second-order valence-electron chi connectivity index (χ2n) is 7.45. The predicted molar refractivity (Wildman–Crippen MR) is 119 cm³/mol. The van der Waals surface area contributed by atoms with E-state index in [0.29, 0.717) is 17.7 Å². The fraction of sp³-hybridized carbons (Fsp3) is 0.318. The van der Waals surface area contributed by atoms with Gasteiger partial charge < -0.3 is 15.5 Å². The molecule has 11 heteroatoms. The van der Waals surface area contributed by atoms with E-state index in [9.17, 15) is 22.8 Å². The van der Waals surface area contributed by atoms with Gasteiger partial charge in [0.2, 0.25) is 5.91 Å². The molecular weight excluding hydrogens is 482 g/mol. The zero-order valence-corrected chi connectivity index (χ0v) is 19.2. The maximum Gasteiger partial charge on any atom is 0.435 e. The lowest BCUT2D eigenvalue weighted by Gasteiger charge is -2.29. The van der Waals surface area contributed by atoms with Crippen LogP contribution in [0.4, 0.5) is 13.2 Å². The molecule has 2 aromatic carbocycles. The number of oxime groups is 1. The lowest BCUT2D eigenvalue weighted by atomic mass is 9.86. The Balaban J connectivity index is 1.84. The minimum Gasteiger partial charge on any atom is -0.374 e. The number of benzene rings is 2. The molecule has 0 aromatic heterocycles. The minimum atomic E-state index is -4.81. The molecule has 1 aliphatic heterocycles. The normalized spacial score (nSPS) is 17.8. The van der Waals surface area contributed by atoms with Gasteiger partial charge in [-0.1, -0.05) is 34.4 Å². The summed E-state index contributed by atoms with van der Waals surface area (Å²) in [5.41, 5.74) is -1.80. The van der Waals surface area contributed by atoms with Crippen LogP contribution in [0.3, 0.4) is 0 Å². The molecular formula is C22H20Cl2F3N3O3. The Morgan fingerprint density at radius 3 is 2.36 bits per heavy atom. The summed E-state index contributed by atoms with van der Waals surface area (Å²) in [6.07, 6.45) is -5.41. The minimum absolute atomic E-state index is 0.0389. The first-order valence-corrected chi connectivity index (χ1v) is 10.7. The monoisotopic (exact) mass is 501 g/mol. The molecule has 0 saturated carbocycles. The highest BCUT2D eigenvalue weighted by atomic mass is 35.5. The van der Waals surface area contributed by atoms with E-state index >= 15 is 0 Å². The van der Waals surface area contributed by atoms with Crippen molar-refractivity contribution in [2.24, 2.45) is 5.16 Å². The van der Waals surface area contributed by atoms with Gasteiger partial charge in [0.15, 0.2) is 0 Å². The number of likely N-dealkylation sites (N-methyl/N-ethyl adjacent to an activating group) is 1. The Morgan fingerprint density at radius 2 is 1.79 bits per heavy atom. The number of nitrogens with zero attached hydrogens (tertiary/aromatic N) is 1. The van der Waals surface area contributed by atoms with E-state index in [-0.39, 0.29) is 39.3 Å². The highest BCUT2D eigenvalue weighted by molar-refractivity contribution is 6.34. The summed E-state index contributed by atoms with van der Waals surface area (Å²) in [5.74, 6) is -0.810. The van der Waals surface area contributed by atoms with Gasteiger partial charge in [0, 0.05) is 34.1 Å². The summed E-state index contributed by atoms with van der Waals surface area (Å²) in [5, 5.41) is 8.85. The van der Waals surface area contributed by atoms with Gasteiger partial charge in [-0.15, -0.1) is 0 Å². The third-order valence-corrected chi connectivity index (χ3v) is 5.54. The second kappa shape index (κ2) is 9.61. The molecule has 176 valence electrons. The largest absolute Gasteiger partial charge is 0.435 e. The van der Waals surface area contributed by atoms with E-state index in [0.717, 1.165) is 12.1 Å². The summed E-state index contributed by atoms with van der Waals surface area (Å²) in [6.45, 7) is 3.64. The third kappa shape index (κ3) is 5.25. The Bertz CT molecular complexity index is 1100. The zero-order valence-electron chi connectivity index (χ0n) is 17.6. The number of aryl methyl sites for hydroxylation is 1. The van der Waals surface area contributed by atoms with Crippen LogP contribution in [-0.4, -0.2) is 36.8 Å². The van der Waals surface area contributed by atoms with Crippen LogP contribution in [0.15, 0.2) is 41.6 Å². The molecule has 0 radical (unpaired) electrons. The van der Waals surface area contributed by atoms with Crippen molar-refractivity contribution >= 4 is 40.7 Å². The van der Waals surface area contributed by atoms with Crippen molar-refractivity contribution in [1.82, 2.24) is 10.6 Å². The third-order valence-electron chi connectivity index (χ3n) is 5.10. The molecule has 0 spiro atoms. The Hall–Kier alpha value is -2.78. The number of halogens is 5. The van der Waals surface area contributed by atoms with E-state index in [4.69, 9.17) is 28.0 Å². The number of hydrogen-bond donors (Lipinski definition) is 2. The van der Waals surface area contributed by atoms with Crippen molar-refractivity contribution in [2.75, 3.05) is 13.1 Å². The molecule has 2 N–H and O–H groups in total. The molecule has 0 saturated heterocycles. The van der Waals surface area contributed by atoms with E-state index in [2.05, 4.69) is 15.8 Å². The molecule has 1 aliphatic rings. The standard InChI is InChI=1S/C22H20Cl2F3N3O3/c1-3-28-19(31)11-29-20(32)17-5-4-13(6-12(17)2)18-10-21(33-30-18,22(25,26)27)14-7-15(23)9-16(24)8-14/h4-9H,3,10-11H2,1-2H3,(H,28,31)(H,29,32)/t21-/m0/s1. The van der Waals surface area contributed by atoms with Crippen LogP contribution < -0.4 is 10.6 Å². The van der Waals surface area contributed by atoms with Crippen molar-refractivity contribution < 1.29 is 27.6 Å². The number of carbonyl (C=O) groups excluding carboxylic acids is 2. The maximum atomic E-state index is 14.1. The van der Waals surface area contributed by atoms with Crippen LogP contribution in [-0.2, 0) is 15.2 Å². The highest BCUT2D eigenvalue weighted by Gasteiger charge is 2.62. The molecule has 2 aromatic rings.